The molecule has 0 fully saturated rings. The van der Waals surface area contributed by atoms with Crippen molar-refractivity contribution in [2.45, 2.75) is 6.61 Å². The molecule has 1 heterocycles. The predicted octanol–water partition coefficient (Wildman–Crippen LogP) is 5.65. The van der Waals surface area contributed by atoms with E-state index in [1.165, 1.54) is 13.3 Å². The smallest absolute Gasteiger partial charge is 0.270 e. The molecule has 0 spiro atoms. The first-order valence-corrected chi connectivity index (χ1v) is 11.4. The van der Waals surface area contributed by atoms with Crippen molar-refractivity contribution in [1.29, 1.82) is 5.26 Å². The van der Waals surface area contributed by atoms with Crippen molar-refractivity contribution in [1.82, 2.24) is 9.97 Å². The van der Waals surface area contributed by atoms with Gasteiger partial charge >= 0.3 is 0 Å². The highest BCUT2D eigenvalue weighted by atomic mass is 35.5. The van der Waals surface area contributed by atoms with E-state index in [2.05, 4.69) is 20.5 Å². The van der Waals surface area contributed by atoms with Crippen LogP contribution in [0.4, 0.5) is 5.95 Å². The van der Waals surface area contributed by atoms with E-state index >= 15 is 0 Å². The molecule has 8 nitrogen and oxygen atoms in total. The first-order valence-electron chi connectivity index (χ1n) is 10.6. The van der Waals surface area contributed by atoms with Crippen LogP contribution in [-0.2, 0) is 6.61 Å². The monoisotopic (exact) mass is 519 g/mol. The summed E-state index contributed by atoms with van der Waals surface area (Å²) in [4.78, 5) is 19.2. The number of hydrogen-bond acceptors (Lipinski definition) is 7. The van der Waals surface area contributed by atoms with Gasteiger partial charge in [-0.05, 0) is 41.5 Å². The molecule has 180 valence electrons. The van der Waals surface area contributed by atoms with Gasteiger partial charge in [-0.1, -0.05) is 59.6 Å². The molecule has 3 aromatic carbocycles. The van der Waals surface area contributed by atoms with Crippen LogP contribution in [-0.4, -0.2) is 23.3 Å². The van der Waals surface area contributed by atoms with E-state index in [9.17, 15) is 10.1 Å². The van der Waals surface area contributed by atoms with Crippen LogP contribution in [0, 0.1) is 11.3 Å². The molecule has 0 aliphatic heterocycles. The molecular weight excluding hydrogens is 501 g/mol. The highest BCUT2D eigenvalue weighted by Gasteiger charge is 2.13. The van der Waals surface area contributed by atoms with E-state index in [0.29, 0.717) is 32.7 Å². The average molecular weight is 520 g/mol. The number of nitrogens with zero attached hydrogens (tertiary/aromatic N) is 3. The van der Waals surface area contributed by atoms with Gasteiger partial charge in [-0.25, -0.2) is 10.4 Å². The van der Waals surface area contributed by atoms with Crippen molar-refractivity contribution < 1.29 is 9.47 Å². The summed E-state index contributed by atoms with van der Waals surface area (Å²) in [6.07, 6.45) is 1.53. The lowest BCUT2D eigenvalue weighted by Gasteiger charge is -2.12. The Kier molecular flexibility index (Phi) is 7.85. The average Bonchev–Trinajstić information content (AvgIpc) is 2.90. The minimum atomic E-state index is -0.561. The minimum absolute atomic E-state index is 0.0723. The molecule has 0 unspecified atom stereocenters. The Morgan fingerprint density at radius 3 is 2.61 bits per heavy atom. The zero-order valence-electron chi connectivity index (χ0n) is 19.0. The van der Waals surface area contributed by atoms with Gasteiger partial charge < -0.3 is 9.47 Å². The number of nitriles is 1. The number of hydrogen-bond donors (Lipinski definition) is 2. The molecule has 0 amide bonds. The molecule has 10 heteroatoms. The summed E-state index contributed by atoms with van der Waals surface area (Å²) in [6, 6.07) is 21.5. The van der Waals surface area contributed by atoms with E-state index in [0.717, 1.165) is 5.56 Å². The molecule has 36 heavy (non-hydrogen) atoms. The van der Waals surface area contributed by atoms with Crippen LogP contribution in [0.2, 0.25) is 10.0 Å². The lowest BCUT2D eigenvalue weighted by atomic mass is 10.1. The Bertz CT molecular complexity index is 1510. The van der Waals surface area contributed by atoms with Crippen LogP contribution in [0.3, 0.4) is 0 Å². The minimum Gasteiger partial charge on any atom is -0.493 e. The summed E-state index contributed by atoms with van der Waals surface area (Å²) in [6.45, 7) is 0.281. The summed E-state index contributed by atoms with van der Waals surface area (Å²) < 4.78 is 11.3. The Labute approximate surface area is 216 Å². The van der Waals surface area contributed by atoms with Gasteiger partial charge in [-0.3, -0.25) is 9.78 Å². The maximum absolute atomic E-state index is 12.4. The number of rotatable bonds is 8. The van der Waals surface area contributed by atoms with E-state index in [-0.39, 0.29) is 23.8 Å². The van der Waals surface area contributed by atoms with Gasteiger partial charge in [0.25, 0.3) is 5.56 Å². The molecular formula is C26H19Cl2N5O3. The maximum atomic E-state index is 12.4. The lowest BCUT2D eigenvalue weighted by molar-refractivity contribution is 0.284. The molecule has 1 aromatic heterocycles. The fourth-order valence-electron chi connectivity index (χ4n) is 3.28. The quantitative estimate of drug-likeness (QED) is 0.229. The van der Waals surface area contributed by atoms with E-state index < -0.39 is 5.56 Å². The van der Waals surface area contributed by atoms with Gasteiger partial charge in [0.15, 0.2) is 11.5 Å². The topological polar surface area (TPSA) is 112 Å². The summed E-state index contributed by atoms with van der Waals surface area (Å²) >= 11 is 12.0. The second kappa shape index (κ2) is 11.4. The largest absolute Gasteiger partial charge is 0.493 e. The third-order valence-corrected chi connectivity index (χ3v) is 5.77. The maximum Gasteiger partial charge on any atom is 0.270 e. The molecule has 4 rings (SSSR count). The lowest BCUT2D eigenvalue weighted by Crippen LogP contribution is -2.16. The summed E-state index contributed by atoms with van der Waals surface area (Å²) in [5.74, 6) is 1.15. The number of H-pyrrole nitrogens is 1. The number of methoxy groups -OCH3 is 1. The molecule has 0 radical (unpaired) electrons. The number of aromatic nitrogens is 2. The van der Waals surface area contributed by atoms with Crippen LogP contribution >= 0.6 is 23.2 Å². The predicted molar refractivity (Wildman–Crippen MR) is 140 cm³/mol. The fraction of sp³-hybridized carbons (Fsp3) is 0.0769. The standard InChI is InChI=1S/C26H19Cl2N5O3/c1-35-23-12-16(8-10-22(23)36-15-17-7-9-20(27)21(28)11-17)14-30-33-26-31-24(18-5-3-2-4-6-18)19(13-29)25(34)32-26/h2-12,14H,15H2,1H3,(H2,31,32,33,34). The first-order chi connectivity index (χ1) is 17.5. The summed E-state index contributed by atoms with van der Waals surface area (Å²) in [5.41, 5.74) is 4.55. The Morgan fingerprint density at radius 1 is 1.08 bits per heavy atom. The van der Waals surface area contributed by atoms with Gasteiger partial charge in [-0.15, -0.1) is 0 Å². The SMILES string of the molecule is COc1cc(C=NNc2nc(-c3ccccc3)c(C#N)c(=O)[nH]2)ccc1OCc1ccc(Cl)c(Cl)c1. The molecule has 0 saturated carbocycles. The van der Waals surface area contributed by atoms with Crippen molar-refractivity contribution in [3.63, 3.8) is 0 Å². The number of anilines is 1. The third-order valence-electron chi connectivity index (χ3n) is 5.03. The second-order valence-corrected chi connectivity index (χ2v) is 8.25. The summed E-state index contributed by atoms with van der Waals surface area (Å²) in [5, 5.41) is 14.5. The highest BCUT2D eigenvalue weighted by molar-refractivity contribution is 6.42. The molecule has 0 saturated heterocycles. The highest BCUT2D eigenvalue weighted by Crippen LogP contribution is 2.29. The van der Waals surface area contributed by atoms with E-state index in [4.69, 9.17) is 32.7 Å². The second-order valence-electron chi connectivity index (χ2n) is 7.43. The van der Waals surface area contributed by atoms with Gasteiger partial charge in [-0.2, -0.15) is 10.4 Å². The molecule has 2 N–H and O–H groups in total. The van der Waals surface area contributed by atoms with Crippen LogP contribution < -0.4 is 20.5 Å². The van der Waals surface area contributed by atoms with Crippen LogP contribution in [0.1, 0.15) is 16.7 Å². The normalized spacial score (nSPS) is 10.7. The van der Waals surface area contributed by atoms with Gasteiger partial charge in [0.1, 0.15) is 18.2 Å². The van der Waals surface area contributed by atoms with Crippen LogP contribution in [0.5, 0.6) is 11.5 Å². The third kappa shape index (κ3) is 5.84. The first kappa shape index (κ1) is 24.8. The number of halogens is 2. The van der Waals surface area contributed by atoms with Crippen molar-refractivity contribution in [3.05, 3.63) is 104 Å². The van der Waals surface area contributed by atoms with Crippen molar-refractivity contribution >= 4 is 35.4 Å². The zero-order valence-corrected chi connectivity index (χ0v) is 20.5. The van der Waals surface area contributed by atoms with Gasteiger partial charge in [0, 0.05) is 5.56 Å². The molecule has 4 aromatic rings. The summed E-state index contributed by atoms with van der Waals surface area (Å²) in [7, 11) is 1.54. The van der Waals surface area contributed by atoms with Crippen molar-refractivity contribution in [3.8, 4) is 28.8 Å². The number of hydrazone groups is 1. The molecule has 0 atom stereocenters. The number of ether oxygens (including phenoxy) is 2. The molecule has 0 aliphatic carbocycles. The van der Waals surface area contributed by atoms with Crippen molar-refractivity contribution in [2.24, 2.45) is 5.10 Å². The Morgan fingerprint density at radius 2 is 1.89 bits per heavy atom. The molecule has 0 aliphatic rings. The van der Waals surface area contributed by atoms with E-state index in [1.54, 1.807) is 54.6 Å². The zero-order chi connectivity index (χ0) is 25.5. The van der Waals surface area contributed by atoms with E-state index in [1.807, 2.05) is 18.2 Å². The van der Waals surface area contributed by atoms with Gasteiger partial charge in [0.2, 0.25) is 5.95 Å². The Balaban J connectivity index is 1.48. The van der Waals surface area contributed by atoms with Crippen molar-refractivity contribution in [2.75, 3.05) is 12.5 Å². The fourth-order valence-corrected chi connectivity index (χ4v) is 3.60. The Hall–Kier alpha value is -4.32. The number of aromatic amines is 1. The molecule has 0 bridgehead atoms. The number of benzene rings is 3. The van der Waals surface area contributed by atoms with Gasteiger partial charge in [0.05, 0.1) is 29.1 Å². The number of nitrogens with one attached hydrogen (secondary N) is 2. The van der Waals surface area contributed by atoms with Crippen LogP contribution in [0.15, 0.2) is 76.6 Å². The van der Waals surface area contributed by atoms with Crippen LogP contribution in [0.25, 0.3) is 11.3 Å².